The van der Waals surface area contributed by atoms with Crippen molar-refractivity contribution in [2.24, 2.45) is 0 Å². The average Bonchev–Trinajstić information content (AvgIpc) is 3.35. The van der Waals surface area contributed by atoms with Gasteiger partial charge >= 0.3 is 0 Å². The number of benzene rings is 2. The van der Waals surface area contributed by atoms with Gasteiger partial charge in [0.15, 0.2) is 9.50 Å². The molecule has 1 unspecified atom stereocenters. The zero-order valence-corrected chi connectivity index (χ0v) is 18.4. The Morgan fingerprint density at radius 1 is 1.14 bits per heavy atom. The lowest BCUT2D eigenvalue weighted by Crippen LogP contribution is -2.27. The molecule has 0 radical (unpaired) electrons. The van der Waals surface area contributed by atoms with E-state index in [0.717, 1.165) is 21.4 Å². The van der Waals surface area contributed by atoms with Gasteiger partial charge in [-0.15, -0.1) is 21.5 Å². The van der Waals surface area contributed by atoms with Crippen LogP contribution in [-0.4, -0.2) is 38.0 Å². The Morgan fingerprint density at radius 2 is 1.90 bits per heavy atom. The lowest BCUT2D eigenvalue weighted by Gasteiger charge is -2.12. The fourth-order valence-corrected chi connectivity index (χ4v) is 5.69. The average molecular weight is 442 g/mol. The fourth-order valence-electron chi connectivity index (χ4n) is 2.76. The zero-order chi connectivity index (χ0) is 20.2. The number of hydrogen-bond acceptors (Lipinski definition) is 7. The first-order valence-electron chi connectivity index (χ1n) is 9.02. The van der Waals surface area contributed by atoms with E-state index in [2.05, 4.69) is 26.6 Å². The number of rotatable bonds is 7. The highest BCUT2D eigenvalue weighted by Gasteiger charge is 2.20. The summed E-state index contributed by atoms with van der Waals surface area (Å²) in [6.07, 6.45) is 0. The van der Waals surface area contributed by atoms with Crippen LogP contribution in [0.25, 0.3) is 15.9 Å². The van der Waals surface area contributed by atoms with Gasteiger partial charge in [0.05, 0.1) is 21.2 Å². The third-order valence-electron chi connectivity index (χ3n) is 4.21. The molecular weight excluding hydrogens is 422 g/mol. The molecule has 1 N–H and O–H groups in total. The Kier molecular flexibility index (Phi) is 6.17. The number of aromatic nitrogens is 4. The molecule has 0 aliphatic carbocycles. The highest BCUT2D eigenvalue weighted by atomic mass is 32.2. The molecule has 0 fully saturated rings. The first-order chi connectivity index (χ1) is 14.2. The van der Waals surface area contributed by atoms with E-state index in [9.17, 15) is 4.79 Å². The Balaban J connectivity index is 1.61. The maximum absolute atomic E-state index is 12.0. The summed E-state index contributed by atoms with van der Waals surface area (Å²) in [5, 5.41) is 11.9. The number of para-hydroxylation sites is 2. The van der Waals surface area contributed by atoms with Gasteiger partial charge in [0.2, 0.25) is 5.91 Å². The van der Waals surface area contributed by atoms with Crippen molar-refractivity contribution < 1.29 is 4.79 Å². The van der Waals surface area contributed by atoms with E-state index in [0.29, 0.717) is 10.9 Å². The Bertz CT molecular complexity index is 1090. The SMILES string of the molecule is CNC(=O)C(C)Sc1nnc(CSc2nc3ccccc3s2)n1-c1ccccc1. The van der Waals surface area contributed by atoms with Crippen LogP contribution in [0.1, 0.15) is 12.7 Å². The van der Waals surface area contributed by atoms with E-state index in [1.165, 1.54) is 16.5 Å². The normalized spacial score (nSPS) is 12.2. The molecule has 0 bridgehead atoms. The predicted molar refractivity (Wildman–Crippen MR) is 120 cm³/mol. The van der Waals surface area contributed by atoms with Crippen LogP contribution >= 0.6 is 34.9 Å². The molecule has 6 nitrogen and oxygen atoms in total. The molecular formula is C20H19N5OS3. The fraction of sp³-hybridized carbons (Fsp3) is 0.200. The van der Waals surface area contributed by atoms with E-state index in [-0.39, 0.29) is 11.2 Å². The van der Waals surface area contributed by atoms with Crippen molar-refractivity contribution in [2.45, 2.75) is 27.4 Å². The van der Waals surface area contributed by atoms with Gasteiger partial charge in [-0.3, -0.25) is 9.36 Å². The monoisotopic (exact) mass is 441 g/mol. The van der Waals surface area contributed by atoms with Crippen molar-refractivity contribution >= 4 is 51.0 Å². The molecule has 2 aromatic heterocycles. The van der Waals surface area contributed by atoms with Crippen LogP contribution in [0.3, 0.4) is 0 Å². The first kappa shape index (κ1) is 19.9. The topological polar surface area (TPSA) is 72.7 Å². The van der Waals surface area contributed by atoms with E-state index in [1.54, 1.807) is 30.1 Å². The number of fused-ring (bicyclic) bond motifs is 1. The lowest BCUT2D eigenvalue weighted by molar-refractivity contribution is -0.119. The van der Waals surface area contributed by atoms with Gasteiger partial charge < -0.3 is 5.32 Å². The molecule has 0 spiro atoms. The van der Waals surface area contributed by atoms with Gasteiger partial charge in [-0.1, -0.05) is 53.9 Å². The number of carbonyl (C=O) groups excluding carboxylic acids is 1. The van der Waals surface area contributed by atoms with Crippen molar-refractivity contribution in [3.8, 4) is 5.69 Å². The van der Waals surface area contributed by atoms with Crippen molar-refractivity contribution in [2.75, 3.05) is 7.05 Å². The largest absolute Gasteiger partial charge is 0.358 e. The second kappa shape index (κ2) is 8.98. The summed E-state index contributed by atoms with van der Waals surface area (Å²) in [4.78, 5) is 16.7. The van der Waals surface area contributed by atoms with Crippen LogP contribution in [0.15, 0.2) is 64.1 Å². The molecule has 4 aromatic rings. The third-order valence-corrected chi connectivity index (χ3v) is 7.43. The second-order valence-corrected chi connectivity index (χ2v) is 9.74. The summed E-state index contributed by atoms with van der Waals surface area (Å²) in [6, 6.07) is 18.1. The number of hydrogen-bond donors (Lipinski definition) is 1. The van der Waals surface area contributed by atoms with Crippen molar-refractivity contribution in [1.82, 2.24) is 25.1 Å². The molecule has 4 rings (SSSR count). The number of thiazole rings is 1. The van der Waals surface area contributed by atoms with Crippen LogP contribution in [0.2, 0.25) is 0 Å². The van der Waals surface area contributed by atoms with Crippen LogP contribution in [0, 0.1) is 0 Å². The van der Waals surface area contributed by atoms with Crippen LogP contribution in [-0.2, 0) is 10.5 Å². The molecule has 1 atom stereocenters. The minimum Gasteiger partial charge on any atom is -0.358 e. The van der Waals surface area contributed by atoms with E-state index in [1.807, 2.05) is 60.0 Å². The van der Waals surface area contributed by atoms with E-state index in [4.69, 9.17) is 0 Å². The van der Waals surface area contributed by atoms with Crippen molar-refractivity contribution in [3.05, 3.63) is 60.4 Å². The quantitative estimate of drug-likeness (QED) is 0.429. The summed E-state index contributed by atoms with van der Waals surface area (Å²) >= 11 is 4.72. The third kappa shape index (κ3) is 4.47. The molecule has 29 heavy (non-hydrogen) atoms. The van der Waals surface area contributed by atoms with Crippen LogP contribution in [0.5, 0.6) is 0 Å². The second-order valence-electron chi connectivity index (χ2n) is 6.18. The predicted octanol–water partition coefficient (Wildman–Crippen LogP) is 4.40. The molecule has 148 valence electrons. The standard InChI is InChI=1S/C20H19N5OS3/c1-13(18(26)21-2)28-19-24-23-17(25(19)14-8-4-3-5-9-14)12-27-20-22-15-10-6-7-11-16(15)29-20/h3-11,13H,12H2,1-2H3,(H,21,26). The molecule has 0 aliphatic rings. The van der Waals surface area contributed by atoms with Gasteiger partial charge in [0.25, 0.3) is 0 Å². The van der Waals surface area contributed by atoms with Gasteiger partial charge in [0, 0.05) is 12.7 Å². The molecule has 0 aliphatic heterocycles. The number of amides is 1. The molecule has 1 amide bonds. The van der Waals surface area contributed by atoms with Gasteiger partial charge in [0.1, 0.15) is 5.82 Å². The maximum atomic E-state index is 12.0. The van der Waals surface area contributed by atoms with E-state index < -0.39 is 0 Å². The van der Waals surface area contributed by atoms with Crippen LogP contribution in [0.4, 0.5) is 0 Å². The van der Waals surface area contributed by atoms with E-state index >= 15 is 0 Å². The number of nitrogens with one attached hydrogen (secondary N) is 1. The Hall–Kier alpha value is -2.36. The molecule has 0 saturated heterocycles. The summed E-state index contributed by atoms with van der Waals surface area (Å²) in [7, 11) is 1.64. The molecule has 9 heteroatoms. The van der Waals surface area contributed by atoms with Crippen LogP contribution < -0.4 is 5.32 Å². The Labute approximate surface area is 181 Å². The summed E-state index contributed by atoms with van der Waals surface area (Å²) in [6.45, 7) is 1.86. The first-order valence-corrected chi connectivity index (χ1v) is 11.7. The zero-order valence-electron chi connectivity index (χ0n) is 15.9. The minimum atomic E-state index is -0.267. The van der Waals surface area contributed by atoms with Gasteiger partial charge in [-0.25, -0.2) is 4.98 Å². The summed E-state index contributed by atoms with van der Waals surface area (Å²) < 4.78 is 4.20. The minimum absolute atomic E-state index is 0.0389. The summed E-state index contributed by atoms with van der Waals surface area (Å²) in [5.74, 6) is 1.42. The van der Waals surface area contributed by atoms with Gasteiger partial charge in [-0.2, -0.15) is 0 Å². The van der Waals surface area contributed by atoms with Gasteiger partial charge in [-0.05, 0) is 31.2 Å². The summed E-state index contributed by atoms with van der Waals surface area (Å²) in [5.41, 5.74) is 1.99. The molecule has 0 saturated carbocycles. The maximum Gasteiger partial charge on any atom is 0.233 e. The Morgan fingerprint density at radius 3 is 2.66 bits per heavy atom. The number of carbonyl (C=O) groups is 1. The van der Waals surface area contributed by atoms with Crippen molar-refractivity contribution in [3.63, 3.8) is 0 Å². The van der Waals surface area contributed by atoms with Crippen molar-refractivity contribution in [1.29, 1.82) is 0 Å². The molecule has 2 aromatic carbocycles. The number of nitrogens with zero attached hydrogens (tertiary/aromatic N) is 4. The number of thioether (sulfide) groups is 2. The smallest absolute Gasteiger partial charge is 0.233 e. The highest BCUT2D eigenvalue weighted by molar-refractivity contribution is 8.00. The highest BCUT2D eigenvalue weighted by Crippen LogP contribution is 2.33. The lowest BCUT2D eigenvalue weighted by atomic mass is 10.3. The molecule has 2 heterocycles.